The van der Waals surface area contributed by atoms with Crippen LogP contribution in [0.2, 0.25) is 0 Å². The van der Waals surface area contributed by atoms with Crippen LogP contribution in [0.15, 0.2) is 66.9 Å². The number of carbonyl (C=O) groups is 1. The fraction of sp³-hybridized carbons (Fsp3) is 0. The molecule has 0 fully saturated rings. The van der Waals surface area contributed by atoms with Crippen LogP contribution >= 0.6 is 0 Å². The van der Waals surface area contributed by atoms with Gasteiger partial charge in [-0.2, -0.15) is 5.26 Å². The fourth-order valence-corrected chi connectivity index (χ4v) is 2.65. The molecule has 3 rings (SSSR count). The summed E-state index contributed by atoms with van der Waals surface area (Å²) in [7, 11) is 0. The maximum Gasteiger partial charge on any atom is 0.335 e. The van der Waals surface area contributed by atoms with Gasteiger partial charge in [0.1, 0.15) is 0 Å². The van der Waals surface area contributed by atoms with Crippen molar-refractivity contribution in [3.63, 3.8) is 0 Å². The normalized spacial score (nSPS) is 11.0. The van der Waals surface area contributed by atoms with E-state index in [0.717, 1.165) is 0 Å². The van der Waals surface area contributed by atoms with Crippen LogP contribution in [0.5, 0.6) is 0 Å². The molecular weight excluding hydrogens is 346 g/mol. The van der Waals surface area contributed by atoms with E-state index in [2.05, 4.69) is 6.07 Å². The Morgan fingerprint density at radius 3 is 2.56 bits per heavy atom. The maximum absolute atomic E-state index is 11.2. The van der Waals surface area contributed by atoms with Crippen molar-refractivity contribution in [2.24, 2.45) is 0 Å². The zero-order valence-electron chi connectivity index (χ0n) is 13.9. The third kappa shape index (κ3) is 3.75. The van der Waals surface area contributed by atoms with E-state index in [-0.39, 0.29) is 16.8 Å². The smallest absolute Gasteiger partial charge is 0.335 e. The van der Waals surface area contributed by atoms with E-state index in [4.69, 9.17) is 5.11 Å². The highest BCUT2D eigenvalue weighted by Crippen LogP contribution is 2.24. The number of non-ortho nitro benzene ring substituents is 1. The number of nitro groups is 1. The first kappa shape index (κ1) is 17.6. The van der Waals surface area contributed by atoms with E-state index in [9.17, 15) is 20.2 Å². The van der Waals surface area contributed by atoms with Crippen molar-refractivity contribution >= 4 is 23.3 Å². The Kier molecular flexibility index (Phi) is 4.82. The van der Waals surface area contributed by atoms with Crippen LogP contribution in [0.4, 0.5) is 5.69 Å². The molecule has 0 aliphatic heterocycles. The number of aromatic nitrogens is 1. The van der Waals surface area contributed by atoms with E-state index in [1.54, 1.807) is 47.2 Å². The Balaban J connectivity index is 2.05. The summed E-state index contributed by atoms with van der Waals surface area (Å²) in [6.45, 7) is 0. The number of allylic oxidation sites excluding steroid dienone is 1. The Labute approximate surface area is 154 Å². The van der Waals surface area contributed by atoms with Gasteiger partial charge in [0.15, 0.2) is 0 Å². The van der Waals surface area contributed by atoms with Crippen LogP contribution in [-0.2, 0) is 0 Å². The number of aromatic carboxylic acids is 1. The van der Waals surface area contributed by atoms with E-state index in [0.29, 0.717) is 16.9 Å². The van der Waals surface area contributed by atoms with Gasteiger partial charge >= 0.3 is 5.97 Å². The van der Waals surface area contributed by atoms with E-state index < -0.39 is 10.9 Å². The van der Waals surface area contributed by atoms with E-state index in [1.807, 2.05) is 0 Å². The van der Waals surface area contributed by atoms with Gasteiger partial charge in [0.05, 0.1) is 22.1 Å². The molecule has 1 aromatic heterocycles. The minimum Gasteiger partial charge on any atom is -0.478 e. The fourth-order valence-electron chi connectivity index (χ4n) is 2.65. The van der Waals surface area contributed by atoms with Crippen molar-refractivity contribution in [1.82, 2.24) is 4.57 Å². The monoisotopic (exact) mass is 359 g/mol. The van der Waals surface area contributed by atoms with Gasteiger partial charge in [-0.25, -0.2) is 4.79 Å². The molecule has 132 valence electrons. The van der Waals surface area contributed by atoms with Crippen molar-refractivity contribution in [2.45, 2.75) is 0 Å². The lowest BCUT2D eigenvalue weighted by molar-refractivity contribution is -0.384. The molecule has 1 N–H and O–H groups in total. The van der Waals surface area contributed by atoms with Gasteiger partial charge in [0, 0.05) is 29.7 Å². The SMILES string of the molecule is N#C/C(=C/c1cccn1-c1cccc(C(=O)O)c1)c1cccc([N+](=O)[O-])c1. The molecule has 0 spiro atoms. The van der Waals surface area contributed by atoms with Crippen molar-refractivity contribution < 1.29 is 14.8 Å². The van der Waals surface area contributed by atoms with Gasteiger partial charge in [-0.05, 0) is 42.0 Å². The minimum absolute atomic E-state index is 0.0989. The lowest BCUT2D eigenvalue weighted by atomic mass is 10.1. The molecular formula is C20H13N3O4. The largest absolute Gasteiger partial charge is 0.478 e. The zero-order valence-corrected chi connectivity index (χ0v) is 13.9. The third-order valence-electron chi connectivity index (χ3n) is 3.93. The number of carboxylic acids is 1. The number of hydrogen-bond donors (Lipinski definition) is 1. The summed E-state index contributed by atoms with van der Waals surface area (Å²) in [5.41, 5.74) is 2.00. The number of carboxylic acid groups (broad SMARTS) is 1. The summed E-state index contributed by atoms with van der Waals surface area (Å²) in [5.74, 6) is -1.03. The van der Waals surface area contributed by atoms with Gasteiger partial charge < -0.3 is 9.67 Å². The van der Waals surface area contributed by atoms with Crippen molar-refractivity contribution in [3.05, 3.63) is 93.8 Å². The summed E-state index contributed by atoms with van der Waals surface area (Å²) in [4.78, 5) is 21.6. The van der Waals surface area contributed by atoms with Crippen molar-refractivity contribution in [2.75, 3.05) is 0 Å². The van der Waals surface area contributed by atoms with Gasteiger partial charge in [-0.15, -0.1) is 0 Å². The van der Waals surface area contributed by atoms with Crippen LogP contribution in [0.25, 0.3) is 17.3 Å². The first-order valence-corrected chi connectivity index (χ1v) is 7.87. The molecule has 0 amide bonds. The van der Waals surface area contributed by atoms with Crippen LogP contribution < -0.4 is 0 Å². The first-order valence-electron chi connectivity index (χ1n) is 7.87. The molecule has 0 unspecified atom stereocenters. The van der Waals surface area contributed by atoms with E-state index >= 15 is 0 Å². The number of nitro benzene ring substituents is 1. The van der Waals surface area contributed by atoms with Crippen LogP contribution in [0, 0.1) is 21.4 Å². The Hall–Kier alpha value is -4.18. The summed E-state index contributed by atoms with van der Waals surface area (Å²) >= 11 is 0. The Bertz CT molecular complexity index is 1110. The quantitative estimate of drug-likeness (QED) is 0.418. The summed E-state index contributed by atoms with van der Waals surface area (Å²) in [6.07, 6.45) is 3.35. The molecule has 3 aromatic rings. The highest BCUT2D eigenvalue weighted by molar-refractivity contribution is 5.90. The molecule has 1 heterocycles. The molecule has 0 radical (unpaired) electrons. The molecule has 0 aliphatic rings. The molecule has 2 aromatic carbocycles. The molecule has 0 aliphatic carbocycles. The highest BCUT2D eigenvalue weighted by atomic mass is 16.6. The Morgan fingerprint density at radius 2 is 1.85 bits per heavy atom. The van der Waals surface area contributed by atoms with Crippen LogP contribution in [-0.4, -0.2) is 20.6 Å². The molecule has 7 heteroatoms. The van der Waals surface area contributed by atoms with Gasteiger partial charge in [-0.1, -0.05) is 18.2 Å². The predicted octanol–water partition coefficient (Wildman–Crippen LogP) is 4.15. The number of hydrogen-bond acceptors (Lipinski definition) is 4. The topological polar surface area (TPSA) is 109 Å². The number of nitriles is 1. The van der Waals surface area contributed by atoms with Crippen LogP contribution in [0.3, 0.4) is 0 Å². The lowest BCUT2D eigenvalue weighted by Gasteiger charge is -2.08. The molecule has 0 atom stereocenters. The number of benzene rings is 2. The Morgan fingerprint density at radius 1 is 1.11 bits per heavy atom. The second-order valence-electron chi connectivity index (χ2n) is 5.64. The molecule has 7 nitrogen and oxygen atoms in total. The summed E-state index contributed by atoms with van der Waals surface area (Å²) < 4.78 is 1.74. The van der Waals surface area contributed by atoms with Gasteiger partial charge in [0.2, 0.25) is 0 Å². The van der Waals surface area contributed by atoms with Gasteiger partial charge in [0.25, 0.3) is 5.69 Å². The standard InChI is InChI=1S/C20H13N3O4/c21-13-16(14-4-1-7-19(10-14)23(26)27)12-18-8-3-9-22(18)17-6-2-5-15(11-17)20(24)25/h1-12H,(H,24,25)/b16-12-. The molecule has 0 bridgehead atoms. The van der Waals surface area contributed by atoms with Crippen LogP contribution in [0.1, 0.15) is 21.6 Å². The first-order chi connectivity index (χ1) is 13.0. The summed E-state index contributed by atoms with van der Waals surface area (Å²) in [5, 5.41) is 29.6. The van der Waals surface area contributed by atoms with Gasteiger partial charge in [-0.3, -0.25) is 10.1 Å². The third-order valence-corrected chi connectivity index (χ3v) is 3.93. The molecule has 0 saturated carbocycles. The van der Waals surface area contributed by atoms with Crippen molar-refractivity contribution in [1.29, 1.82) is 5.26 Å². The zero-order chi connectivity index (χ0) is 19.4. The molecule has 0 saturated heterocycles. The van der Waals surface area contributed by atoms with Crippen molar-refractivity contribution in [3.8, 4) is 11.8 Å². The number of rotatable bonds is 5. The van der Waals surface area contributed by atoms with E-state index in [1.165, 1.54) is 30.3 Å². The number of nitrogens with zero attached hydrogens (tertiary/aromatic N) is 3. The average molecular weight is 359 g/mol. The molecule has 27 heavy (non-hydrogen) atoms. The maximum atomic E-state index is 11.2. The summed E-state index contributed by atoms with van der Waals surface area (Å²) in [6, 6.07) is 17.9. The average Bonchev–Trinajstić information content (AvgIpc) is 3.14. The minimum atomic E-state index is -1.03. The second-order valence-corrected chi connectivity index (χ2v) is 5.64. The highest BCUT2D eigenvalue weighted by Gasteiger charge is 2.11. The second kappa shape index (κ2) is 7.37. The lowest BCUT2D eigenvalue weighted by Crippen LogP contribution is -2.00. The predicted molar refractivity (Wildman–Crippen MR) is 99.3 cm³/mol.